The summed E-state index contributed by atoms with van der Waals surface area (Å²) in [6, 6.07) is 5.25. The van der Waals surface area contributed by atoms with Crippen molar-refractivity contribution in [2.75, 3.05) is 12.0 Å². The number of esters is 1. The van der Waals surface area contributed by atoms with Gasteiger partial charge >= 0.3 is 5.97 Å². The second kappa shape index (κ2) is 5.98. The summed E-state index contributed by atoms with van der Waals surface area (Å²) in [6.07, 6.45) is 1.04. The molecule has 0 saturated carbocycles. The van der Waals surface area contributed by atoms with Crippen molar-refractivity contribution in [3.63, 3.8) is 0 Å². The fourth-order valence-corrected chi connectivity index (χ4v) is 3.24. The van der Waals surface area contributed by atoms with Gasteiger partial charge in [0.1, 0.15) is 5.70 Å². The second-order valence-corrected chi connectivity index (χ2v) is 6.42. The van der Waals surface area contributed by atoms with Crippen LogP contribution in [0.1, 0.15) is 24.5 Å². The van der Waals surface area contributed by atoms with Crippen LogP contribution in [0, 0.1) is 13.8 Å². The molecule has 1 aromatic carbocycles. The maximum atomic E-state index is 13.2. The summed E-state index contributed by atoms with van der Waals surface area (Å²) in [4.78, 5) is 50.8. The number of hydrazine groups is 1. The minimum atomic E-state index is -1.58. The molecule has 3 rings (SSSR count). The molecular formula is C18H19N3O5. The van der Waals surface area contributed by atoms with Crippen molar-refractivity contribution in [2.24, 2.45) is 0 Å². The molecule has 1 fully saturated rings. The highest BCUT2D eigenvalue weighted by Crippen LogP contribution is 2.38. The van der Waals surface area contributed by atoms with Crippen LogP contribution in [0.4, 0.5) is 5.69 Å². The minimum absolute atomic E-state index is 0.0502. The van der Waals surface area contributed by atoms with E-state index in [1.165, 1.54) is 20.1 Å². The predicted molar refractivity (Wildman–Crippen MR) is 91.5 cm³/mol. The van der Waals surface area contributed by atoms with Gasteiger partial charge in [-0.25, -0.2) is 14.7 Å². The van der Waals surface area contributed by atoms with Gasteiger partial charge in [0.05, 0.1) is 19.2 Å². The maximum Gasteiger partial charge on any atom is 0.355 e. The molecule has 8 nitrogen and oxygen atoms in total. The van der Waals surface area contributed by atoms with Crippen molar-refractivity contribution in [2.45, 2.75) is 32.7 Å². The molecule has 0 aromatic heterocycles. The molecule has 2 aliphatic rings. The first-order valence-electron chi connectivity index (χ1n) is 8.04. The van der Waals surface area contributed by atoms with Crippen molar-refractivity contribution in [3.05, 3.63) is 41.1 Å². The van der Waals surface area contributed by atoms with Crippen LogP contribution in [0.2, 0.25) is 0 Å². The summed E-state index contributed by atoms with van der Waals surface area (Å²) in [7, 11) is 1.19. The largest absolute Gasteiger partial charge is 0.464 e. The zero-order chi connectivity index (χ0) is 19.2. The number of anilines is 1. The van der Waals surface area contributed by atoms with Crippen LogP contribution < -0.4 is 10.3 Å². The Labute approximate surface area is 150 Å². The van der Waals surface area contributed by atoms with Crippen LogP contribution in [-0.2, 0) is 23.9 Å². The van der Waals surface area contributed by atoms with E-state index in [0.29, 0.717) is 5.69 Å². The van der Waals surface area contributed by atoms with Gasteiger partial charge < -0.3 is 4.74 Å². The smallest absolute Gasteiger partial charge is 0.355 e. The van der Waals surface area contributed by atoms with E-state index in [-0.39, 0.29) is 12.1 Å². The van der Waals surface area contributed by atoms with Crippen molar-refractivity contribution in [1.29, 1.82) is 0 Å². The average Bonchev–Trinajstić information content (AvgIpc) is 3.08. The third-order valence-corrected chi connectivity index (χ3v) is 4.73. The number of ether oxygens (including phenoxy) is 1. The number of nitrogens with one attached hydrogen (secondary N) is 1. The molecule has 1 spiro atoms. The van der Waals surface area contributed by atoms with Crippen molar-refractivity contribution in [1.82, 2.24) is 10.4 Å². The Morgan fingerprint density at radius 2 is 1.88 bits per heavy atom. The summed E-state index contributed by atoms with van der Waals surface area (Å²) in [6.45, 7) is 5.06. The molecule has 1 saturated heterocycles. The van der Waals surface area contributed by atoms with Gasteiger partial charge in [-0.1, -0.05) is 6.07 Å². The van der Waals surface area contributed by atoms with Crippen molar-refractivity contribution < 1.29 is 23.9 Å². The molecule has 2 heterocycles. The number of methoxy groups -OCH3 is 1. The second-order valence-electron chi connectivity index (χ2n) is 6.42. The average molecular weight is 357 g/mol. The highest BCUT2D eigenvalue weighted by molar-refractivity contribution is 6.26. The molecule has 0 aliphatic carbocycles. The molecule has 0 radical (unpaired) electrons. The van der Waals surface area contributed by atoms with Crippen molar-refractivity contribution >= 4 is 29.4 Å². The van der Waals surface area contributed by atoms with Crippen LogP contribution in [0.25, 0.3) is 0 Å². The number of carbonyl (C=O) groups excluding carboxylic acids is 4. The van der Waals surface area contributed by atoms with E-state index in [1.54, 1.807) is 12.1 Å². The highest BCUT2D eigenvalue weighted by Gasteiger charge is 2.59. The van der Waals surface area contributed by atoms with E-state index in [4.69, 9.17) is 0 Å². The molecule has 1 aromatic rings. The summed E-state index contributed by atoms with van der Waals surface area (Å²) >= 11 is 0. The highest BCUT2D eigenvalue weighted by atomic mass is 16.5. The molecule has 3 amide bonds. The Morgan fingerprint density at radius 1 is 1.19 bits per heavy atom. The predicted octanol–water partition coefficient (Wildman–Crippen LogP) is 0.729. The van der Waals surface area contributed by atoms with E-state index in [0.717, 1.165) is 21.0 Å². The monoisotopic (exact) mass is 357 g/mol. The Balaban J connectivity index is 2.07. The van der Waals surface area contributed by atoms with Gasteiger partial charge in [0, 0.05) is 6.92 Å². The Morgan fingerprint density at radius 3 is 2.46 bits per heavy atom. The van der Waals surface area contributed by atoms with Crippen LogP contribution in [0.15, 0.2) is 30.0 Å². The standard InChI is InChI=1S/C18H19N3O5/c1-10-5-6-13(7-11(10)2)20-15(23)9-18(17(20)25)8-14(16(24)26-4)19-21(18)12(3)22/h5-8,19H,9H2,1-4H3/t18-/m1/s1. The number of aryl methyl sites for hydroxylation is 2. The number of hydrogen-bond donors (Lipinski definition) is 1. The number of rotatable bonds is 2. The normalized spacial score (nSPS) is 21.9. The van der Waals surface area contributed by atoms with Crippen LogP contribution >= 0.6 is 0 Å². The van der Waals surface area contributed by atoms with Crippen molar-refractivity contribution in [3.8, 4) is 0 Å². The number of carbonyl (C=O) groups is 4. The summed E-state index contributed by atoms with van der Waals surface area (Å²) in [5.74, 6) is -2.26. The van der Waals surface area contributed by atoms with Gasteiger partial charge in [-0.15, -0.1) is 0 Å². The first kappa shape index (κ1) is 17.7. The number of imide groups is 1. The van der Waals surface area contributed by atoms with E-state index in [1.807, 2.05) is 19.9 Å². The third-order valence-electron chi connectivity index (χ3n) is 4.73. The molecule has 0 bridgehead atoms. The molecule has 1 atom stereocenters. The third kappa shape index (κ3) is 2.45. The number of hydrogen-bond acceptors (Lipinski definition) is 6. The lowest BCUT2D eigenvalue weighted by molar-refractivity contribution is -0.143. The molecule has 26 heavy (non-hydrogen) atoms. The van der Waals surface area contributed by atoms with Crippen LogP contribution in [-0.4, -0.2) is 41.3 Å². The fraction of sp³-hybridized carbons (Fsp3) is 0.333. The zero-order valence-corrected chi connectivity index (χ0v) is 15.0. The van der Waals surface area contributed by atoms with Gasteiger partial charge in [0.25, 0.3) is 5.91 Å². The summed E-state index contributed by atoms with van der Waals surface area (Å²) in [5, 5.41) is 1.01. The van der Waals surface area contributed by atoms with Crippen LogP contribution in [0.5, 0.6) is 0 Å². The lowest BCUT2D eigenvalue weighted by atomic mass is 9.96. The number of nitrogens with zero attached hydrogens (tertiary/aromatic N) is 2. The lowest BCUT2D eigenvalue weighted by Crippen LogP contribution is -2.56. The number of amides is 3. The van der Waals surface area contributed by atoms with E-state index < -0.39 is 29.2 Å². The van der Waals surface area contributed by atoms with Crippen LogP contribution in [0.3, 0.4) is 0 Å². The molecule has 136 valence electrons. The summed E-state index contributed by atoms with van der Waals surface area (Å²) < 4.78 is 4.65. The first-order valence-corrected chi connectivity index (χ1v) is 8.04. The molecular weight excluding hydrogens is 338 g/mol. The lowest BCUT2D eigenvalue weighted by Gasteiger charge is -2.30. The Kier molecular flexibility index (Phi) is 4.06. The maximum absolute atomic E-state index is 13.2. The first-order chi connectivity index (χ1) is 12.2. The SMILES string of the molecule is COC(=O)C1=C[C@]2(CC(=O)N(c3ccc(C)c(C)c3)C2=O)N(C(C)=O)N1. The topological polar surface area (TPSA) is 96.0 Å². The minimum Gasteiger partial charge on any atom is -0.464 e. The van der Waals surface area contributed by atoms with E-state index >= 15 is 0 Å². The Bertz CT molecular complexity index is 876. The molecule has 8 heteroatoms. The Hall–Kier alpha value is -3.16. The molecule has 1 N–H and O–H groups in total. The van der Waals surface area contributed by atoms with E-state index in [2.05, 4.69) is 10.2 Å². The van der Waals surface area contributed by atoms with Gasteiger partial charge in [0.15, 0.2) is 5.54 Å². The fourth-order valence-electron chi connectivity index (χ4n) is 3.24. The van der Waals surface area contributed by atoms with Gasteiger partial charge in [-0.05, 0) is 43.2 Å². The number of benzene rings is 1. The van der Waals surface area contributed by atoms with Gasteiger partial charge in [-0.3, -0.25) is 19.8 Å². The van der Waals surface area contributed by atoms with Gasteiger partial charge in [0.2, 0.25) is 11.8 Å². The quantitative estimate of drug-likeness (QED) is 0.619. The summed E-state index contributed by atoms with van der Waals surface area (Å²) in [5.41, 5.74) is 3.36. The molecule has 0 unspecified atom stereocenters. The van der Waals surface area contributed by atoms with Gasteiger partial charge in [-0.2, -0.15) is 0 Å². The van der Waals surface area contributed by atoms with E-state index in [9.17, 15) is 19.2 Å². The molecule has 2 aliphatic heterocycles. The zero-order valence-electron chi connectivity index (χ0n) is 15.0.